The second kappa shape index (κ2) is 9.55. The van der Waals surface area contributed by atoms with Crippen LogP contribution in [0.3, 0.4) is 0 Å². The Balaban J connectivity index is 2.21. The van der Waals surface area contributed by atoms with Gasteiger partial charge in [0.1, 0.15) is 6.04 Å². The Morgan fingerprint density at radius 1 is 1.22 bits per heavy atom. The van der Waals surface area contributed by atoms with E-state index >= 15 is 0 Å². The van der Waals surface area contributed by atoms with E-state index in [9.17, 15) is 14.4 Å². The molecule has 1 heterocycles. The summed E-state index contributed by atoms with van der Waals surface area (Å²) in [7, 11) is 0. The molecule has 2 atom stereocenters. The predicted octanol–water partition coefficient (Wildman–Crippen LogP) is 2.10. The molecule has 0 aliphatic carbocycles. The number of hydrogen-bond donors (Lipinski definition) is 2. The number of nitrogens with one attached hydrogen (secondary N) is 2. The maximum atomic E-state index is 12.9. The Kier molecular flexibility index (Phi) is 7.41. The van der Waals surface area contributed by atoms with Crippen molar-refractivity contribution in [3.8, 4) is 0 Å². The highest BCUT2D eigenvalue weighted by molar-refractivity contribution is 7.99. The van der Waals surface area contributed by atoms with Crippen molar-refractivity contribution in [3.05, 3.63) is 34.6 Å². The van der Waals surface area contributed by atoms with Crippen LogP contribution >= 0.6 is 11.8 Å². The second-order valence-corrected chi connectivity index (χ2v) is 7.26. The van der Waals surface area contributed by atoms with Crippen molar-refractivity contribution in [2.45, 2.75) is 51.4 Å². The molecule has 146 valence electrons. The standard InChI is InChI=1S/C19H26N4O3S/c1-5-12(3)23-18(26)14-9-7-8-10-15(14)22-19(23)27-11-16(24)21-13(4)17(25)20-6-2/h7-10,12-13H,5-6,11H2,1-4H3,(H,20,25)(H,21,24)/t12-,13-/m1/s1. The van der Waals surface area contributed by atoms with Crippen LogP contribution in [0.4, 0.5) is 0 Å². The Morgan fingerprint density at radius 3 is 2.59 bits per heavy atom. The number of hydrogen-bond acceptors (Lipinski definition) is 5. The first-order valence-electron chi connectivity index (χ1n) is 9.10. The number of aromatic nitrogens is 2. The fraction of sp³-hybridized carbons (Fsp3) is 0.474. The summed E-state index contributed by atoms with van der Waals surface area (Å²) in [5, 5.41) is 6.40. The Morgan fingerprint density at radius 2 is 1.93 bits per heavy atom. The summed E-state index contributed by atoms with van der Waals surface area (Å²) in [5.41, 5.74) is 0.509. The van der Waals surface area contributed by atoms with E-state index in [0.29, 0.717) is 22.6 Å². The summed E-state index contributed by atoms with van der Waals surface area (Å²) in [4.78, 5) is 41.4. The minimum Gasteiger partial charge on any atom is -0.355 e. The molecule has 0 saturated carbocycles. The molecule has 2 rings (SSSR count). The van der Waals surface area contributed by atoms with Crippen LogP contribution in [-0.2, 0) is 9.59 Å². The molecule has 2 aromatic rings. The molecule has 27 heavy (non-hydrogen) atoms. The third kappa shape index (κ3) is 5.09. The van der Waals surface area contributed by atoms with Gasteiger partial charge in [0.25, 0.3) is 5.56 Å². The number of fused-ring (bicyclic) bond motifs is 1. The quantitative estimate of drug-likeness (QED) is 0.532. The summed E-state index contributed by atoms with van der Waals surface area (Å²) >= 11 is 1.20. The second-order valence-electron chi connectivity index (χ2n) is 6.32. The topological polar surface area (TPSA) is 93.1 Å². The zero-order valence-corrected chi connectivity index (χ0v) is 16.9. The van der Waals surface area contributed by atoms with Gasteiger partial charge in [0, 0.05) is 12.6 Å². The van der Waals surface area contributed by atoms with Crippen molar-refractivity contribution in [3.63, 3.8) is 0 Å². The highest BCUT2D eigenvalue weighted by Crippen LogP contribution is 2.22. The Bertz CT molecular complexity index is 881. The molecule has 7 nitrogen and oxygen atoms in total. The van der Waals surface area contributed by atoms with Gasteiger partial charge in [-0.05, 0) is 39.3 Å². The van der Waals surface area contributed by atoms with Gasteiger partial charge in [-0.2, -0.15) is 0 Å². The molecule has 0 radical (unpaired) electrons. The van der Waals surface area contributed by atoms with Gasteiger partial charge < -0.3 is 10.6 Å². The first-order chi connectivity index (χ1) is 12.9. The van der Waals surface area contributed by atoms with E-state index in [2.05, 4.69) is 15.6 Å². The largest absolute Gasteiger partial charge is 0.355 e. The van der Waals surface area contributed by atoms with Gasteiger partial charge in [0.2, 0.25) is 11.8 Å². The minimum atomic E-state index is -0.612. The van der Waals surface area contributed by atoms with Crippen LogP contribution in [0.2, 0.25) is 0 Å². The lowest BCUT2D eigenvalue weighted by atomic mass is 10.2. The first-order valence-corrected chi connectivity index (χ1v) is 10.1. The number of likely N-dealkylation sites (N-methyl/N-ethyl adjacent to an activating group) is 1. The molecule has 2 amide bonds. The molecule has 8 heteroatoms. The van der Waals surface area contributed by atoms with Crippen molar-refractivity contribution in [1.82, 2.24) is 20.2 Å². The molecule has 1 aromatic carbocycles. The highest BCUT2D eigenvalue weighted by atomic mass is 32.2. The van der Waals surface area contributed by atoms with Crippen molar-refractivity contribution in [1.29, 1.82) is 0 Å². The van der Waals surface area contributed by atoms with E-state index in [0.717, 1.165) is 6.42 Å². The lowest BCUT2D eigenvalue weighted by molar-refractivity contribution is -0.127. The monoisotopic (exact) mass is 390 g/mol. The van der Waals surface area contributed by atoms with Crippen LogP contribution in [0.1, 0.15) is 40.2 Å². The van der Waals surface area contributed by atoms with Gasteiger partial charge in [0.15, 0.2) is 5.16 Å². The van der Waals surface area contributed by atoms with Crippen molar-refractivity contribution < 1.29 is 9.59 Å². The number of nitrogens with zero attached hydrogens (tertiary/aromatic N) is 2. The van der Waals surface area contributed by atoms with Crippen LogP contribution in [0.5, 0.6) is 0 Å². The van der Waals surface area contributed by atoms with Crippen molar-refractivity contribution >= 4 is 34.5 Å². The van der Waals surface area contributed by atoms with Gasteiger partial charge in [-0.25, -0.2) is 4.98 Å². The third-order valence-corrected chi connectivity index (χ3v) is 5.21. The molecule has 2 N–H and O–H groups in total. The number of para-hydroxylation sites is 1. The maximum Gasteiger partial charge on any atom is 0.262 e. The zero-order chi connectivity index (χ0) is 20.0. The lowest BCUT2D eigenvalue weighted by Gasteiger charge is -2.18. The number of carbonyl (C=O) groups is 2. The van der Waals surface area contributed by atoms with E-state index in [1.807, 2.05) is 32.9 Å². The molecule has 0 unspecified atom stereocenters. The number of benzene rings is 1. The molecular weight excluding hydrogens is 364 g/mol. The van der Waals surface area contributed by atoms with E-state index in [-0.39, 0.29) is 29.2 Å². The van der Waals surface area contributed by atoms with Crippen LogP contribution < -0.4 is 16.2 Å². The van der Waals surface area contributed by atoms with Crippen LogP contribution in [0, 0.1) is 0 Å². The summed E-state index contributed by atoms with van der Waals surface area (Å²) < 4.78 is 1.65. The smallest absolute Gasteiger partial charge is 0.262 e. The van der Waals surface area contributed by atoms with E-state index in [1.54, 1.807) is 23.6 Å². The number of thioether (sulfide) groups is 1. The Labute approximate surface area is 162 Å². The van der Waals surface area contributed by atoms with Crippen LogP contribution in [-0.4, -0.2) is 39.7 Å². The summed E-state index contributed by atoms with van der Waals surface area (Å²) in [6, 6.07) is 6.55. The van der Waals surface area contributed by atoms with E-state index in [1.165, 1.54) is 11.8 Å². The molecule has 0 bridgehead atoms. The van der Waals surface area contributed by atoms with Crippen molar-refractivity contribution in [2.75, 3.05) is 12.3 Å². The molecule has 0 saturated heterocycles. The normalized spacial score (nSPS) is 13.2. The fourth-order valence-electron chi connectivity index (χ4n) is 2.60. The number of carbonyl (C=O) groups excluding carboxylic acids is 2. The average Bonchev–Trinajstić information content (AvgIpc) is 2.66. The number of amides is 2. The van der Waals surface area contributed by atoms with E-state index in [4.69, 9.17) is 0 Å². The van der Waals surface area contributed by atoms with Crippen LogP contribution in [0.15, 0.2) is 34.2 Å². The Hall–Kier alpha value is -2.35. The highest BCUT2D eigenvalue weighted by Gasteiger charge is 2.18. The van der Waals surface area contributed by atoms with Gasteiger partial charge in [-0.1, -0.05) is 30.8 Å². The first kappa shape index (κ1) is 21.0. The minimum absolute atomic E-state index is 0.0329. The molecule has 0 aliphatic rings. The molecule has 0 fully saturated rings. The van der Waals surface area contributed by atoms with E-state index < -0.39 is 6.04 Å². The molecule has 0 aliphatic heterocycles. The molecule has 1 aromatic heterocycles. The molecule has 0 spiro atoms. The number of rotatable bonds is 8. The SMILES string of the molecule is CCNC(=O)[C@@H](C)NC(=O)CSc1nc2ccccc2c(=O)n1[C@H](C)CC. The summed E-state index contributed by atoms with van der Waals surface area (Å²) in [6.45, 7) is 7.93. The van der Waals surface area contributed by atoms with Gasteiger partial charge in [0.05, 0.1) is 16.7 Å². The average molecular weight is 391 g/mol. The third-order valence-electron chi connectivity index (χ3n) is 4.26. The zero-order valence-electron chi connectivity index (χ0n) is 16.1. The van der Waals surface area contributed by atoms with Crippen LogP contribution in [0.25, 0.3) is 10.9 Å². The summed E-state index contributed by atoms with van der Waals surface area (Å²) in [5.74, 6) is -0.432. The van der Waals surface area contributed by atoms with Gasteiger partial charge in [-0.15, -0.1) is 0 Å². The maximum absolute atomic E-state index is 12.9. The predicted molar refractivity (Wildman–Crippen MR) is 108 cm³/mol. The molecular formula is C19H26N4O3S. The van der Waals surface area contributed by atoms with Crippen molar-refractivity contribution in [2.24, 2.45) is 0 Å². The van der Waals surface area contributed by atoms with Gasteiger partial charge >= 0.3 is 0 Å². The fourth-order valence-corrected chi connectivity index (χ4v) is 3.51. The summed E-state index contributed by atoms with van der Waals surface area (Å²) in [6.07, 6.45) is 0.772. The lowest BCUT2D eigenvalue weighted by Crippen LogP contribution is -2.45. The van der Waals surface area contributed by atoms with Gasteiger partial charge in [-0.3, -0.25) is 19.0 Å².